The van der Waals surface area contributed by atoms with E-state index in [1.807, 2.05) is 30.3 Å². The zero-order chi connectivity index (χ0) is 16.4. The molecule has 0 saturated carbocycles. The van der Waals surface area contributed by atoms with Crippen LogP contribution in [0.5, 0.6) is 5.75 Å². The summed E-state index contributed by atoms with van der Waals surface area (Å²) < 4.78 is 5.52. The Kier molecular flexibility index (Phi) is 4.20. The van der Waals surface area contributed by atoms with Gasteiger partial charge in [0, 0.05) is 24.0 Å². The number of morpholine rings is 1. The molecule has 0 radical (unpaired) electrons. The van der Waals surface area contributed by atoms with Crippen LogP contribution in [0.3, 0.4) is 0 Å². The molecule has 0 spiro atoms. The lowest BCUT2D eigenvalue weighted by atomic mass is 9.93. The van der Waals surface area contributed by atoms with Gasteiger partial charge >= 0.3 is 0 Å². The second kappa shape index (κ2) is 6.63. The number of fused-ring (bicyclic) bond motifs is 1. The Morgan fingerprint density at radius 1 is 0.833 bits per heavy atom. The summed E-state index contributed by atoms with van der Waals surface area (Å²) in [6.07, 6.45) is 0. The molecule has 0 amide bonds. The summed E-state index contributed by atoms with van der Waals surface area (Å²) in [7, 11) is 0. The second-order valence-electron chi connectivity index (χ2n) is 6.19. The molecule has 1 aliphatic rings. The van der Waals surface area contributed by atoms with E-state index in [0.717, 1.165) is 42.6 Å². The Hall–Kier alpha value is -2.36. The summed E-state index contributed by atoms with van der Waals surface area (Å²) in [5.74, 6) is 0.383. The number of phenolic OH excluding ortho intramolecular Hbond substituents is 1. The quantitative estimate of drug-likeness (QED) is 0.793. The lowest BCUT2D eigenvalue weighted by molar-refractivity contribution is 0.0236. The minimum Gasteiger partial charge on any atom is -0.507 e. The Bertz CT molecular complexity index is 826. The van der Waals surface area contributed by atoms with Crippen molar-refractivity contribution >= 4 is 10.8 Å². The highest BCUT2D eigenvalue weighted by Gasteiger charge is 2.26. The van der Waals surface area contributed by atoms with E-state index in [2.05, 4.69) is 41.3 Å². The second-order valence-corrected chi connectivity index (χ2v) is 6.19. The zero-order valence-electron chi connectivity index (χ0n) is 13.6. The van der Waals surface area contributed by atoms with Crippen molar-refractivity contribution in [3.63, 3.8) is 0 Å². The van der Waals surface area contributed by atoms with Gasteiger partial charge in [-0.15, -0.1) is 0 Å². The topological polar surface area (TPSA) is 32.7 Å². The fourth-order valence-corrected chi connectivity index (χ4v) is 3.55. The first-order chi connectivity index (χ1) is 11.8. The molecule has 0 aromatic heterocycles. The van der Waals surface area contributed by atoms with Gasteiger partial charge < -0.3 is 9.84 Å². The van der Waals surface area contributed by atoms with E-state index in [-0.39, 0.29) is 6.04 Å². The normalized spacial score (nSPS) is 17.0. The van der Waals surface area contributed by atoms with Crippen LogP contribution < -0.4 is 0 Å². The van der Waals surface area contributed by atoms with Gasteiger partial charge in [-0.3, -0.25) is 4.90 Å². The Balaban J connectivity index is 1.85. The van der Waals surface area contributed by atoms with Crippen LogP contribution >= 0.6 is 0 Å². The van der Waals surface area contributed by atoms with Crippen molar-refractivity contribution < 1.29 is 9.84 Å². The van der Waals surface area contributed by atoms with Crippen molar-refractivity contribution in [1.29, 1.82) is 0 Å². The standard InChI is InChI=1S/C21H21NO2/c23-21-18-9-5-4-6-16(18)10-11-19(21)20(17-7-2-1-3-8-17)22-12-14-24-15-13-22/h1-11,20,23H,12-15H2/t20-/m1/s1. The highest BCUT2D eigenvalue weighted by atomic mass is 16.5. The van der Waals surface area contributed by atoms with Crippen LogP contribution in [-0.4, -0.2) is 36.3 Å². The minimum absolute atomic E-state index is 0.0414. The number of rotatable bonds is 3. The summed E-state index contributed by atoms with van der Waals surface area (Å²) >= 11 is 0. The molecule has 3 aromatic rings. The first-order valence-electron chi connectivity index (χ1n) is 8.42. The lowest BCUT2D eigenvalue weighted by Crippen LogP contribution is -2.39. The monoisotopic (exact) mass is 319 g/mol. The minimum atomic E-state index is 0.0414. The van der Waals surface area contributed by atoms with E-state index < -0.39 is 0 Å². The van der Waals surface area contributed by atoms with Crippen molar-refractivity contribution in [1.82, 2.24) is 4.90 Å². The molecule has 1 saturated heterocycles. The Morgan fingerprint density at radius 2 is 1.54 bits per heavy atom. The van der Waals surface area contributed by atoms with E-state index in [9.17, 15) is 5.11 Å². The molecule has 1 N–H and O–H groups in total. The molecule has 1 aliphatic heterocycles. The van der Waals surface area contributed by atoms with Crippen LogP contribution in [0.2, 0.25) is 0 Å². The van der Waals surface area contributed by atoms with Crippen molar-refractivity contribution in [2.75, 3.05) is 26.3 Å². The van der Waals surface area contributed by atoms with Crippen molar-refractivity contribution in [2.45, 2.75) is 6.04 Å². The molecule has 0 aliphatic carbocycles. The van der Waals surface area contributed by atoms with Gasteiger partial charge in [-0.05, 0) is 10.9 Å². The molecular formula is C21H21NO2. The van der Waals surface area contributed by atoms with Gasteiger partial charge in [-0.2, -0.15) is 0 Å². The van der Waals surface area contributed by atoms with Crippen LogP contribution in [0.4, 0.5) is 0 Å². The number of hydrogen-bond acceptors (Lipinski definition) is 3. The predicted octanol–water partition coefficient (Wildman–Crippen LogP) is 3.97. The molecule has 4 rings (SSSR count). The smallest absolute Gasteiger partial charge is 0.128 e. The van der Waals surface area contributed by atoms with Gasteiger partial charge in [0.2, 0.25) is 0 Å². The maximum atomic E-state index is 11.0. The molecule has 1 heterocycles. The van der Waals surface area contributed by atoms with E-state index in [1.54, 1.807) is 0 Å². The molecule has 0 unspecified atom stereocenters. The molecule has 3 aromatic carbocycles. The third kappa shape index (κ3) is 2.77. The molecule has 122 valence electrons. The molecule has 1 atom stereocenters. The van der Waals surface area contributed by atoms with Crippen LogP contribution in [0.25, 0.3) is 10.8 Å². The molecule has 1 fully saturated rings. The van der Waals surface area contributed by atoms with E-state index in [4.69, 9.17) is 4.74 Å². The summed E-state index contributed by atoms with van der Waals surface area (Å²) in [6.45, 7) is 3.20. The molecule has 0 bridgehead atoms. The summed E-state index contributed by atoms with van der Waals surface area (Å²) in [4.78, 5) is 2.39. The van der Waals surface area contributed by atoms with E-state index in [1.165, 1.54) is 5.56 Å². The number of ether oxygens (including phenoxy) is 1. The third-order valence-electron chi connectivity index (χ3n) is 4.75. The van der Waals surface area contributed by atoms with E-state index >= 15 is 0 Å². The fraction of sp³-hybridized carbons (Fsp3) is 0.238. The maximum absolute atomic E-state index is 11.0. The van der Waals surface area contributed by atoms with Crippen LogP contribution in [0.1, 0.15) is 17.2 Å². The Morgan fingerprint density at radius 3 is 2.33 bits per heavy atom. The number of nitrogens with zero attached hydrogens (tertiary/aromatic N) is 1. The number of hydrogen-bond donors (Lipinski definition) is 1. The molecule has 3 nitrogen and oxygen atoms in total. The van der Waals surface area contributed by atoms with Crippen LogP contribution in [0, 0.1) is 0 Å². The molecular weight excluding hydrogens is 298 g/mol. The number of benzene rings is 3. The van der Waals surface area contributed by atoms with Gasteiger partial charge in [-0.1, -0.05) is 66.7 Å². The summed E-state index contributed by atoms with van der Waals surface area (Å²) in [6, 6.07) is 22.6. The van der Waals surface area contributed by atoms with Gasteiger partial charge in [0.15, 0.2) is 0 Å². The number of aromatic hydroxyl groups is 1. The van der Waals surface area contributed by atoms with Crippen molar-refractivity contribution in [2.24, 2.45) is 0 Å². The van der Waals surface area contributed by atoms with Crippen molar-refractivity contribution in [3.8, 4) is 5.75 Å². The zero-order valence-corrected chi connectivity index (χ0v) is 13.6. The van der Waals surface area contributed by atoms with Gasteiger partial charge in [0.25, 0.3) is 0 Å². The number of phenols is 1. The predicted molar refractivity (Wildman–Crippen MR) is 96.3 cm³/mol. The van der Waals surface area contributed by atoms with Crippen LogP contribution in [-0.2, 0) is 4.74 Å². The molecule has 3 heteroatoms. The van der Waals surface area contributed by atoms with Crippen LogP contribution in [0.15, 0.2) is 66.7 Å². The largest absolute Gasteiger partial charge is 0.507 e. The van der Waals surface area contributed by atoms with E-state index in [0.29, 0.717) is 5.75 Å². The van der Waals surface area contributed by atoms with Gasteiger partial charge in [-0.25, -0.2) is 0 Å². The lowest BCUT2D eigenvalue weighted by Gasteiger charge is -2.35. The maximum Gasteiger partial charge on any atom is 0.128 e. The molecule has 24 heavy (non-hydrogen) atoms. The fourth-order valence-electron chi connectivity index (χ4n) is 3.55. The van der Waals surface area contributed by atoms with Gasteiger partial charge in [0.1, 0.15) is 5.75 Å². The average Bonchev–Trinajstić information content (AvgIpc) is 2.66. The summed E-state index contributed by atoms with van der Waals surface area (Å²) in [5.41, 5.74) is 2.16. The first kappa shape index (κ1) is 15.2. The highest BCUT2D eigenvalue weighted by molar-refractivity contribution is 5.89. The first-order valence-corrected chi connectivity index (χ1v) is 8.42. The van der Waals surface area contributed by atoms with Gasteiger partial charge in [0.05, 0.1) is 19.3 Å². The average molecular weight is 319 g/mol. The third-order valence-corrected chi connectivity index (χ3v) is 4.75. The highest BCUT2D eigenvalue weighted by Crippen LogP contribution is 2.38. The van der Waals surface area contributed by atoms with Crippen molar-refractivity contribution in [3.05, 3.63) is 77.9 Å². The Labute approximate surface area is 142 Å². The SMILES string of the molecule is Oc1c([C@@H](c2ccccc2)N2CCOCC2)ccc2ccccc12. The summed E-state index contributed by atoms with van der Waals surface area (Å²) in [5, 5.41) is 12.9.